The molecule has 1 aromatic rings. The number of thioether (sulfide) groups is 1. The standard InChI is InChI=1S/C19H25NO6S/c1-5-23-18(22)17(27-14-8-6-7-9-20-14)12-10-13(24-11(2)21)16-15(12)25-19(3,4)26-16/h6-9,12-13,15-17H,5,10H2,1-4H3/t12-,13-,15+,16-,17?/m1/s1. The van der Waals surface area contributed by atoms with Gasteiger partial charge in [-0.2, -0.15) is 0 Å². The summed E-state index contributed by atoms with van der Waals surface area (Å²) in [4.78, 5) is 28.6. The van der Waals surface area contributed by atoms with Crippen LogP contribution in [0.15, 0.2) is 29.4 Å². The van der Waals surface area contributed by atoms with Gasteiger partial charge in [0, 0.05) is 19.0 Å². The highest BCUT2D eigenvalue weighted by atomic mass is 32.2. The Kier molecular flexibility index (Phi) is 6.08. The lowest BCUT2D eigenvalue weighted by atomic mass is 10.0. The number of pyridine rings is 1. The molecule has 2 heterocycles. The van der Waals surface area contributed by atoms with E-state index in [2.05, 4.69) is 4.98 Å². The van der Waals surface area contributed by atoms with Crippen molar-refractivity contribution in [3.05, 3.63) is 24.4 Å². The molecular weight excluding hydrogens is 370 g/mol. The molecule has 0 spiro atoms. The maximum Gasteiger partial charge on any atom is 0.319 e. The van der Waals surface area contributed by atoms with Crippen LogP contribution in [-0.4, -0.2) is 52.9 Å². The van der Waals surface area contributed by atoms with Crippen LogP contribution >= 0.6 is 11.8 Å². The number of ether oxygens (including phenoxy) is 4. The molecule has 3 rings (SSSR count). The highest BCUT2D eigenvalue weighted by Gasteiger charge is 2.58. The predicted octanol–water partition coefficient (Wildman–Crippen LogP) is 2.58. The number of esters is 2. The summed E-state index contributed by atoms with van der Waals surface area (Å²) >= 11 is 1.34. The van der Waals surface area contributed by atoms with Crippen LogP contribution in [0.1, 0.15) is 34.1 Å². The second kappa shape index (κ2) is 8.16. The number of aromatic nitrogens is 1. The third-order valence-corrected chi connectivity index (χ3v) is 5.85. The predicted molar refractivity (Wildman–Crippen MR) is 98.0 cm³/mol. The minimum atomic E-state index is -0.804. The van der Waals surface area contributed by atoms with Crippen molar-refractivity contribution in [1.82, 2.24) is 4.98 Å². The van der Waals surface area contributed by atoms with Gasteiger partial charge in [0.2, 0.25) is 0 Å². The summed E-state index contributed by atoms with van der Waals surface area (Å²) in [7, 11) is 0. The van der Waals surface area contributed by atoms with E-state index in [1.807, 2.05) is 32.0 Å². The molecule has 2 fully saturated rings. The van der Waals surface area contributed by atoms with Gasteiger partial charge in [0.25, 0.3) is 0 Å². The Morgan fingerprint density at radius 2 is 2.07 bits per heavy atom. The first-order chi connectivity index (χ1) is 12.8. The number of hydrogen-bond donors (Lipinski definition) is 0. The van der Waals surface area contributed by atoms with Gasteiger partial charge < -0.3 is 18.9 Å². The molecule has 1 saturated heterocycles. The van der Waals surface area contributed by atoms with Crippen molar-refractivity contribution in [1.29, 1.82) is 0 Å². The second-order valence-corrected chi connectivity index (χ2v) is 8.23. The highest BCUT2D eigenvalue weighted by molar-refractivity contribution is 8.00. The normalized spacial score (nSPS) is 29.8. The van der Waals surface area contributed by atoms with Gasteiger partial charge >= 0.3 is 11.9 Å². The number of fused-ring (bicyclic) bond motifs is 1. The van der Waals surface area contributed by atoms with Crippen LogP contribution in [-0.2, 0) is 28.5 Å². The molecule has 27 heavy (non-hydrogen) atoms. The van der Waals surface area contributed by atoms with E-state index in [1.165, 1.54) is 18.7 Å². The molecule has 0 aromatic carbocycles. The monoisotopic (exact) mass is 395 g/mol. The number of carbonyl (C=O) groups is 2. The maximum atomic E-state index is 12.7. The zero-order valence-corrected chi connectivity index (χ0v) is 16.7. The lowest BCUT2D eigenvalue weighted by molar-refractivity contribution is -0.178. The Morgan fingerprint density at radius 3 is 2.70 bits per heavy atom. The third kappa shape index (κ3) is 4.62. The van der Waals surface area contributed by atoms with Crippen LogP contribution in [0.2, 0.25) is 0 Å². The van der Waals surface area contributed by atoms with E-state index in [0.717, 1.165) is 5.03 Å². The first kappa shape index (κ1) is 20.1. The summed E-state index contributed by atoms with van der Waals surface area (Å²) < 4.78 is 22.9. The topological polar surface area (TPSA) is 84.0 Å². The maximum absolute atomic E-state index is 12.7. The molecule has 1 unspecified atom stereocenters. The van der Waals surface area contributed by atoms with E-state index >= 15 is 0 Å². The van der Waals surface area contributed by atoms with E-state index in [9.17, 15) is 9.59 Å². The Balaban J connectivity index is 1.87. The van der Waals surface area contributed by atoms with E-state index in [-0.39, 0.29) is 30.6 Å². The van der Waals surface area contributed by atoms with Gasteiger partial charge in [0.05, 0.1) is 17.7 Å². The number of nitrogens with zero attached hydrogens (tertiary/aromatic N) is 1. The summed E-state index contributed by atoms with van der Waals surface area (Å²) in [6, 6.07) is 5.54. The van der Waals surface area contributed by atoms with Crippen LogP contribution in [0.4, 0.5) is 0 Å². The molecule has 2 aliphatic rings. The summed E-state index contributed by atoms with van der Waals surface area (Å²) in [5.41, 5.74) is 0. The molecule has 7 nitrogen and oxygen atoms in total. The zero-order valence-electron chi connectivity index (χ0n) is 15.9. The molecule has 5 atom stereocenters. The minimum Gasteiger partial charge on any atom is -0.465 e. The van der Waals surface area contributed by atoms with Gasteiger partial charge in [-0.05, 0) is 39.3 Å². The smallest absolute Gasteiger partial charge is 0.319 e. The van der Waals surface area contributed by atoms with Gasteiger partial charge in [-0.25, -0.2) is 4.98 Å². The Morgan fingerprint density at radius 1 is 1.33 bits per heavy atom. The van der Waals surface area contributed by atoms with Crippen molar-refractivity contribution in [3.8, 4) is 0 Å². The quantitative estimate of drug-likeness (QED) is 0.537. The molecule has 0 N–H and O–H groups in total. The summed E-state index contributed by atoms with van der Waals surface area (Å²) in [6.45, 7) is 7.07. The van der Waals surface area contributed by atoms with Crippen LogP contribution in [0.5, 0.6) is 0 Å². The summed E-state index contributed by atoms with van der Waals surface area (Å²) in [6.07, 6.45) is 0.918. The van der Waals surface area contributed by atoms with Crippen LogP contribution < -0.4 is 0 Å². The first-order valence-corrected chi connectivity index (χ1v) is 9.96. The van der Waals surface area contributed by atoms with Crippen molar-refractivity contribution in [2.24, 2.45) is 5.92 Å². The molecule has 1 aliphatic carbocycles. The number of hydrogen-bond acceptors (Lipinski definition) is 8. The first-order valence-electron chi connectivity index (χ1n) is 9.08. The van der Waals surface area contributed by atoms with Gasteiger partial charge in [-0.3, -0.25) is 9.59 Å². The van der Waals surface area contributed by atoms with Gasteiger partial charge in [0.15, 0.2) is 5.79 Å². The Bertz CT molecular complexity index is 682. The minimum absolute atomic E-state index is 0.229. The van der Waals surface area contributed by atoms with E-state index in [4.69, 9.17) is 18.9 Å². The average Bonchev–Trinajstić information content (AvgIpc) is 3.07. The van der Waals surface area contributed by atoms with E-state index < -0.39 is 23.2 Å². The molecule has 0 amide bonds. The number of rotatable bonds is 6. The molecule has 0 bridgehead atoms. The SMILES string of the molecule is CCOC(=O)C(Sc1ccccn1)[C@@H]1C[C@@H](OC(C)=O)[C@H]2OC(C)(C)O[C@H]21. The molecule has 1 aromatic heterocycles. The van der Waals surface area contributed by atoms with Crippen LogP contribution in [0.25, 0.3) is 0 Å². The molecule has 1 saturated carbocycles. The third-order valence-electron chi connectivity index (χ3n) is 4.57. The van der Waals surface area contributed by atoms with Crippen molar-refractivity contribution >= 4 is 23.7 Å². The van der Waals surface area contributed by atoms with Crippen LogP contribution in [0.3, 0.4) is 0 Å². The fourth-order valence-electron chi connectivity index (χ4n) is 3.68. The molecule has 8 heteroatoms. The van der Waals surface area contributed by atoms with Crippen molar-refractivity contribution < 1.29 is 28.5 Å². The zero-order chi connectivity index (χ0) is 19.6. The van der Waals surface area contributed by atoms with E-state index in [0.29, 0.717) is 6.42 Å². The van der Waals surface area contributed by atoms with Gasteiger partial charge in [-0.1, -0.05) is 17.8 Å². The van der Waals surface area contributed by atoms with Crippen molar-refractivity contribution in [3.63, 3.8) is 0 Å². The van der Waals surface area contributed by atoms with Crippen LogP contribution in [0, 0.1) is 5.92 Å². The van der Waals surface area contributed by atoms with Gasteiger partial charge in [-0.15, -0.1) is 0 Å². The summed E-state index contributed by atoms with van der Waals surface area (Å²) in [5, 5.41) is 0.187. The molecular formula is C19H25NO6S. The fourth-order valence-corrected chi connectivity index (χ4v) is 4.82. The molecule has 0 radical (unpaired) electrons. The van der Waals surface area contributed by atoms with E-state index in [1.54, 1.807) is 13.1 Å². The molecule has 1 aliphatic heterocycles. The lowest BCUT2D eigenvalue weighted by Crippen LogP contribution is -2.37. The van der Waals surface area contributed by atoms with Gasteiger partial charge in [0.1, 0.15) is 17.5 Å². The van der Waals surface area contributed by atoms with Crippen molar-refractivity contribution in [2.45, 2.75) is 68.5 Å². The largest absolute Gasteiger partial charge is 0.465 e. The number of carbonyl (C=O) groups excluding carboxylic acids is 2. The Hall–Kier alpha value is -1.64. The Labute approximate surface area is 163 Å². The molecule has 148 valence electrons. The fraction of sp³-hybridized carbons (Fsp3) is 0.632. The lowest BCUT2D eigenvalue weighted by Gasteiger charge is -2.27. The highest BCUT2D eigenvalue weighted by Crippen LogP contribution is 2.47. The van der Waals surface area contributed by atoms with Crippen molar-refractivity contribution in [2.75, 3.05) is 6.61 Å². The second-order valence-electron chi connectivity index (χ2n) is 7.07. The average molecular weight is 395 g/mol. The summed E-state index contributed by atoms with van der Waals surface area (Å²) in [5.74, 6) is -1.74.